The third kappa shape index (κ3) is 3.64. The number of benzene rings is 1. The molecule has 0 aliphatic rings. The molecule has 2 aromatic rings. The highest BCUT2D eigenvalue weighted by Crippen LogP contribution is 2.23. The van der Waals surface area contributed by atoms with Crippen LogP contribution in [0.3, 0.4) is 0 Å². The summed E-state index contributed by atoms with van der Waals surface area (Å²) in [6, 6.07) is 9.17. The number of hydrogen-bond acceptors (Lipinski definition) is 5. The summed E-state index contributed by atoms with van der Waals surface area (Å²) in [5.41, 5.74) is 0.713. The average molecular weight is 363 g/mol. The first-order chi connectivity index (χ1) is 11.3. The number of nitriles is 1. The van der Waals surface area contributed by atoms with E-state index in [4.69, 9.17) is 5.26 Å². The van der Waals surface area contributed by atoms with Gasteiger partial charge < -0.3 is 5.32 Å². The Bertz CT molecular complexity index is 878. The van der Waals surface area contributed by atoms with Crippen LogP contribution in [0.25, 0.3) is 0 Å². The van der Waals surface area contributed by atoms with E-state index in [1.807, 2.05) is 6.07 Å². The second-order valence-corrected chi connectivity index (χ2v) is 8.28. The van der Waals surface area contributed by atoms with Crippen LogP contribution < -0.4 is 5.32 Å². The molecule has 0 radical (unpaired) electrons. The van der Waals surface area contributed by atoms with Crippen molar-refractivity contribution in [2.24, 2.45) is 0 Å². The van der Waals surface area contributed by atoms with Gasteiger partial charge in [-0.25, -0.2) is 8.42 Å². The second-order valence-electron chi connectivity index (χ2n) is 5.37. The smallest absolute Gasteiger partial charge is 0.256 e. The molecule has 0 aliphatic heterocycles. The normalized spacial score (nSPS) is 11.5. The molecule has 6 nitrogen and oxygen atoms in total. The van der Waals surface area contributed by atoms with Gasteiger partial charge in [-0.05, 0) is 49.6 Å². The summed E-state index contributed by atoms with van der Waals surface area (Å²) in [5.74, 6) is -0.393. The molecule has 24 heavy (non-hydrogen) atoms. The number of nitrogens with zero attached hydrogens (tertiary/aromatic N) is 2. The first-order valence-electron chi connectivity index (χ1n) is 7.14. The quantitative estimate of drug-likeness (QED) is 0.884. The minimum Gasteiger partial charge on any atom is -0.312 e. The van der Waals surface area contributed by atoms with Gasteiger partial charge in [0.05, 0.1) is 10.5 Å². The average Bonchev–Trinajstić information content (AvgIpc) is 3.01. The van der Waals surface area contributed by atoms with E-state index in [0.717, 1.165) is 0 Å². The largest absolute Gasteiger partial charge is 0.312 e. The molecule has 126 valence electrons. The van der Waals surface area contributed by atoms with E-state index in [1.54, 1.807) is 25.3 Å². The van der Waals surface area contributed by atoms with Gasteiger partial charge in [0.1, 0.15) is 11.1 Å². The lowest BCUT2D eigenvalue weighted by Crippen LogP contribution is -2.33. The van der Waals surface area contributed by atoms with E-state index in [2.05, 4.69) is 5.32 Å². The lowest BCUT2D eigenvalue weighted by Gasteiger charge is -2.21. The molecule has 1 aromatic heterocycles. The highest BCUT2D eigenvalue weighted by Gasteiger charge is 2.23. The van der Waals surface area contributed by atoms with Gasteiger partial charge in [0, 0.05) is 18.7 Å². The molecule has 1 heterocycles. The number of sulfonamides is 1. The molecule has 2 rings (SSSR count). The van der Waals surface area contributed by atoms with Crippen LogP contribution in [0, 0.1) is 11.3 Å². The van der Waals surface area contributed by atoms with Crippen LogP contribution in [0.4, 0.5) is 5.00 Å². The zero-order valence-corrected chi connectivity index (χ0v) is 15.1. The zero-order chi connectivity index (χ0) is 17.9. The number of carbonyl (C=O) groups excluding carboxylic acids is 1. The number of rotatable bonds is 5. The fourth-order valence-electron chi connectivity index (χ4n) is 1.89. The van der Waals surface area contributed by atoms with Crippen molar-refractivity contribution in [2.75, 3.05) is 12.4 Å². The number of anilines is 1. The van der Waals surface area contributed by atoms with Crippen LogP contribution in [-0.2, 0) is 10.0 Å². The van der Waals surface area contributed by atoms with E-state index < -0.39 is 15.9 Å². The first kappa shape index (κ1) is 18.1. The summed E-state index contributed by atoms with van der Waals surface area (Å²) in [7, 11) is -2.07. The fraction of sp³-hybridized carbons (Fsp3) is 0.250. The highest BCUT2D eigenvalue weighted by atomic mass is 32.2. The Balaban J connectivity index is 2.21. The van der Waals surface area contributed by atoms with Crippen LogP contribution in [0.2, 0.25) is 0 Å². The van der Waals surface area contributed by atoms with Gasteiger partial charge in [-0.1, -0.05) is 0 Å². The molecule has 0 fully saturated rings. The van der Waals surface area contributed by atoms with Gasteiger partial charge in [-0.2, -0.15) is 9.57 Å². The Hall–Kier alpha value is -2.21. The van der Waals surface area contributed by atoms with E-state index >= 15 is 0 Å². The predicted octanol–water partition coefficient (Wildman–Crippen LogP) is 2.90. The molecule has 1 aromatic carbocycles. The number of amides is 1. The van der Waals surface area contributed by atoms with E-state index in [-0.39, 0.29) is 10.9 Å². The van der Waals surface area contributed by atoms with Crippen molar-refractivity contribution in [3.8, 4) is 6.07 Å². The van der Waals surface area contributed by atoms with Gasteiger partial charge in [0.2, 0.25) is 10.0 Å². The van der Waals surface area contributed by atoms with E-state index in [0.29, 0.717) is 16.1 Å². The van der Waals surface area contributed by atoms with Crippen LogP contribution in [0.1, 0.15) is 29.8 Å². The molecule has 8 heteroatoms. The molecule has 1 amide bonds. The summed E-state index contributed by atoms with van der Waals surface area (Å²) in [6.45, 7) is 3.57. The van der Waals surface area contributed by atoms with Crippen molar-refractivity contribution in [1.29, 1.82) is 5.26 Å². The summed E-state index contributed by atoms with van der Waals surface area (Å²) < 4.78 is 26.0. The molecule has 0 saturated heterocycles. The minimum absolute atomic E-state index is 0.129. The van der Waals surface area contributed by atoms with Crippen molar-refractivity contribution in [3.05, 3.63) is 46.8 Å². The van der Waals surface area contributed by atoms with Crippen molar-refractivity contribution < 1.29 is 13.2 Å². The van der Waals surface area contributed by atoms with Crippen LogP contribution in [0.15, 0.2) is 40.6 Å². The summed E-state index contributed by atoms with van der Waals surface area (Å²) in [6.07, 6.45) is 0. The van der Waals surface area contributed by atoms with Gasteiger partial charge in [0.15, 0.2) is 0 Å². The third-order valence-electron chi connectivity index (χ3n) is 3.53. The fourth-order valence-corrected chi connectivity index (χ4v) is 3.99. The predicted molar refractivity (Wildman–Crippen MR) is 93.5 cm³/mol. The van der Waals surface area contributed by atoms with E-state index in [1.165, 1.54) is 47.0 Å². The number of hydrogen-bond donors (Lipinski definition) is 1. The van der Waals surface area contributed by atoms with Crippen LogP contribution in [-0.4, -0.2) is 31.7 Å². The first-order valence-corrected chi connectivity index (χ1v) is 9.46. The summed E-state index contributed by atoms with van der Waals surface area (Å²) in [5, 5.41) is 13.8. The third-order valence-corrected chi connectivity index (χ3v) is 6.41. The maximum atomic E-state index is 12.4. The number of thiophene rings is 1. The zero-order valence-electron chi connectivity index (χ0n) is 13.5. The SMILES string of the molecule is CC(C)N(C)S(=O)(=O)c1ccc(C(=O)Nc2sccc2C#N)cc1. The Kier molecular flexibility index (Phi) is 5.39. The molecule has 0 unspecified atom stereocenters. The molecule has 0 saturated carbocycles. The Morgan fingerprint density at radius 3 is 2.42 bits per heavy atom. The molecular weight excluding hydrogens is 346 g/mol. The maximum absolute atomic E-state index is 12.4. The monoisotopic (exact) mass is 363 g/mol. The Morgan fingerprint density at radius 2 is 1.88 bits per heavy atom. The van der Waals surface area contributed by atoms with Crippen molar-refractivity contribution in [3.63, 3.8) is 0 Å². The van der Waals surface area contributed by atoms with Crippen molar-refractivity contribution in [1.82, 2.24) is 4.31 Å². The maximum Gasteiger partial charge on any atom is 0.256 e. The van der Waals surface area contributed by atoms with Gasteiger partial charge in [-0.3, -0.25) is 4.79 Å². The van der Waals surface area contributed by atoms with Gasteiger partial charge in [0.25, 0.3) is 5.91 Å². The Labute approximate surface area is 145 Å². The molecule has 1 N–H and O–H groups in total. The minimum atomic E-state index is -3.58. The number of nitrogens with one attached hydrogen (secondary N) is 1. The molecule has 0 aliphatic carbocycles. The lowest BCUT2D eigenvalue weighted by molar-refractivity contribution is 0.102. The summed E-state index contributed by atoms with van der Waals surface area (Å²) in [4.78, 5) is 12.3. The van der Waals surface area contributed by atoms with Crippen LogP contribution in [0.5, 0.6) is 0 Å². The standard InChI is InChI=1S/C16H17N3O3S2/c1-11(2)19(3)24(21,22)14-6-4-12(5-7-14)15(20)18-16-13(10-17)8-9-23-16/h4-9,11H,1-3H3,(H,18,20). The molecule has 0 spiro atoms. The molecule has 0 atom stereocenters. The topological polar surface area (TPSA) is 90.3 Å². The summed E-state index contributed by atoms with van der Waals surface area (Å²) >= 11 is 1.25. The molecule has 0 bridgehead atoms. The molecular formula is C16H17N3O3S2. The number of carbonyl (C=O) groups is 1. The second kappa shape index (κ2) is 7.13. The van der Waals surface area contributed by atoms with Crippen molar-refractivity contribution in [2.45, 2.75) is 24.8 Å². The van der Waals surface area contributed by atoms with Gasteiger partial charge >= 0.3 is 0 Å². The Morgan fingerprint density at radius 1 is 1.25 bits per heavy atom. The van der Waals surface area contributed by atoms with Crippen LogP contribution >= 0.6 is 11.3 Å². The van der Waals surface area contributed by atoms with Gasteiger partial charge in [-0.15, -0.1) is 11.3 Å². The lowest BCUT2D eigenvalue weighted by atomic mass is 10.2. The highest BCUT2D eigenvalue weighted by molar-refractivity contribution is 7.89. The van der Waals surface area contributed by atoms with E-state index in [9.17, 15) is 13.2 Å². The van der Waals surface area contributed by atoms with Crippen molar-refractivity contribution >= 4 is 32.3 Å².